The quantitative estimate of drug-likeness (QED) is 0.0173. The molecule has 0 bridgehead atoms. The van der Waals surface area contributed by atoms with E-state index in [1.54, 1.807) is 6.07 Å². The van der Waals surface area contributed by atoms with Gasteiger partial charge in [-0.05, 0) is 74.3 Å². The number of thioether (sulfide) groups is 1. The van der Waals surface area contributed by atoms with Gasteiger partial charge < -0.3 is 72.0 Å². The zero-order valence-electron chi connectivity index (χ0n) is 50.5. The number of nitrogens with two attached hydrogens (primary N) is 1. The summed E-state index contributed by atoms with van der Waals surface area (Å²) in [5.41, 5.74) is 4.80. The number of benzene rings is 4. The third-order valence-corrected chi connectivity index (χ3v) is 16.9. The van der Waals surface area contributed by atoms with Crippen molar-refractivity contribution in [2.45, 2.75) is 99.2 Å². The predicted molar refractivity (Wildman–Crippen MR) is 326 cm³/mol. The molecule has 0 aliphatic carbocycles. The second-order valence-corrected chi connectivity index (χ2v) is 23.5. The van der Waals surface area contributed by atoms with Crippen molar-refractivity contribution in [3.05, 3.63) is 113 Å². The molecule has 34 heteroatoms. The van der Waals surface area contributed by atoms with Crippen LogP contribution in [-0.2, 0) is 67.9 Å². The minimum absolute atomic E-state index is 0.0361. The second-order valence-electron chi connectivity index (χ2n) is 22.3. The van der Waals surface area contributed by atoms with Crippen molar-refractivity contribution >= 4 is 111 Å². The average Bonchev–Trinajstić information content (AvgIpc) is 1.48. The number of phenolic OH excluding ortho intramolecular Hbond substituents is 2. The molecule has 1 aromatic heterocycles. The lowest BCUT2D eigenvalue weighted by Gasteiger charge is -2.36. The Balaban J connectivity index is 0.800. The Morgan fingerprint density at radius 1 is 0.854 bits per heavy atom. The van der Waals surface area contributed by atoms with Gasteiger partial charge in [0.15, 0.2) is 11.6 Å². The SMILES string of the molecule is CC(=O)ON(C(=O)CNC(=O)C(CCCCN)NC(=O)[C@H](CC(=O)O)NC(=O)CCC(=O)Nc1cccc2c(C(=O)NCC(=O)N3CC(F)(F)CC3C#N)ccnc12)C(CSC1CC(=O)N(c2ccc3c(c2)C(=O)OC32c3ccc(O)cc3Oc3cc(O)ccc32)C1=O)C(=O)O. The van der Waals surface area contributed by atoms with Gasteiger partial charge in [-0.25, -0.2) is 23.3 Å². The standard InChI is InChI=1S/C62H59F2N11O20S/c1-30(76)95-75(44(59(90)91)28-96-47-23-50(81)74(58(47)89)31-8-11-38-37(19-31)60(92)94-62(38)39-12-9-33(77)20-45(39)93-46-21-34(78)10-13-40(46)62)52(83)27-69-56(87)42(6-2-3-17-65)72-57(88)43(22-53(84)85)71-49(80)15-14-48(79)70-41-7-4-5-35-36(16-18-67-54(35)41)55(86)68-26-51(82)73-29-61(63,64)24-32(73)25-66/h4-5,7-13,16,18-21,32,42-44,47,77-78H,2-3,6,14-15,17,22-24,26-29,65H2,1H3,(H,68,86)(H,69,87)(H,70,79)(H,71,80)(H,72,88)(H,84,85)(H,90,91)/t32?,42?,43-,44?,47?/m0/s1. The van der Waals surface area contributed by atoms with Crippen LogP contribution >= 0.6 is 11.8 Å². The molecule has 4 unspecified atom stereocenters. The van der Waals surface area contributed by atoms with Gasteiger partial charge in [-0.3, -0.25) is 57.7 Å². The number of halogens is 2. The van der Waals surface area contributed by atoms with E-state index in [0.717, 1.165) is 11.8 Å². The number of amides is 9. The van der Waals surface area contributed by atoms with Crippen LogP contribution < -0.4 is 42.0 Å². The molecule has 4 aliphatic heterocycles. The predicted octanol–water partition coefficient (Wildman–Crippen LogP) is 1.94. The fourth-order valence-electron chi connectivity index (χ4n) is 11.2. The average molecular weight is 1350 g/mol. The number of esters is 1. The molecule has 9 amide bonds. The summed E-state index contributed by atoms with van der Waals surface area (Å²) in [5, 5.41) is 60.6. The van der Waals surface area contributed by atoms with E-state index in [0.29, 0.717) is 27.8 Å². The Morgan fingerprint density at radius 3 is 2.20 bits per heavy atom. The highest BCUT2D eigenvalue weighted by molar-refractivity contribution is 8.00. The highest BCUT2D eigenvalue weighted by Crippen LogP contribution is 2.57. The third-order valence-electron chi connectivity index (χ3n) is 15.6. The number of aliphatic carboxylic acids is 2. The van der Waals surface area contributed by atoms with E-state index in [2.05, 4.69) is 31.6 Å². The van der Waals surface area contributed by atoms with Crippen molar-refractivity contribution in [2.75, 3.05) is 42.1 Å². The Bertz CT molecular complexity index is 4060. The summed E-state index contributed by atoms with van der Waals surface area (Å²) < 4.78 is 40.0. The molecule has 31 nitrogen and oxygen atoms in total. The number of imide groups is 1. The van der Waals surface area contributed by atoms with E-state index in [1.807, 2.05) is 0 Å². The number of aromatic nitrogens is 1. The number of alkyl halides is 2. The Labute approximate surface area is 545 Å². The molecule has 9 rings (SSSR count). The number of likely N-dealkylation sites (tertiary alicyclic amines) is 1. The van der Waals surface area contributed by atoms with Crippen LogP contribution in [0.2, 0.25) is 0 Å². The number of hydrogen-bond acceptors (Lipinski definition) is 22. The molecule has 2 saturated heterocycles. The Kier molecular flexibility index (Phi) is 20.8. The van der Waals surface area contributed by atoms with Crippen LogP contribution in [0.1, 0.15) is 95.7 Å². The monoisotopic (exact) mass is 1350 g/mol. The van der Waals surface area contributed by atoms with E-state index in [1.165, 1.54) is 85.1 Å². The molecule has 502 valence electrons. The number of aromatic hydroxyl groups is 2. The molecule has 5 atom stereocenters. The fraction of sp³-hybridized carbons (Fsp3) is 0.339. The van der Waals surface area contributed by atoms with Gasteiger partial charge >= 0.3 is 23.9 Å². The summed E-state index contributed by atoms with van der Waals surface area (Å²) >= 11 is 0.601. The Hall–Kier alpha value is -11.3. The number of hydroxylamine groups is 2. The molecule has 5 aromatic rings. The zero-order valence-corrected chi connectivity index (χ0v) is 51.3. The fourth-order valence-corrected chi connectivity index (χ4v) is 12.4. The van der Waals surface area contributed by atoms with Crippen molar-refractivity contribution in [3.8, 4) is 29.1 Å². The zero-order chi connectivity index (χ0) is 69.5. The summed E-state index contributed by atoms with van der Waals surface area (Å²) in [7, 11) is 0. The first-order valence-electron chi connectivity index (χ1n) is 29.4. The molecule has 0 saturated carbocycles. The number of anilines is 2. The first-order valence-corrected chi connectivity index (χ1v) is 30.4. The third kappa shape index (κ3) is 15.0. The van der Waals surface area contributed by atoms with Gasteiger partial charge in [-0.2, -0.15) is 10.3 Å². The number of carbonyl (C=O) groups excluding carboxylic acids is 11. The topological polar surface area (TPSA) is 463 Å². The normalized spacial score (nSPS) is 17.1. The first-order chi connectivity index (χ1) is 45.6. The molecular formula is C62H59F2N11O20S. The maximum absolute atomic E-state index is 14.1. The molecule has 4 aromatic carbocycles. The highest BCUT2D eigenvalue weighted by atomic mass is 32.2. The number of ether oxygens (including phenoxy) is 2. The van der Waals surface area contributed by atoms with Crippen LogP contribution in [0.3, 0.4) is 0 Å². The summed E-state index contributed by atoms with van der Waals surface area (Å²) in [6.07, 6.45) is -2.16. The summed E-state index contributed by atoms with van der Waals surface area (Å²) in [6, 6.07) is 12.7. The van der Waals surface area contributed by atoms with Gasteiger partial charge in [-0.1, -0.05) is 18.2 Å². The number of nitrogens with one attached hydrogen (secondary N) is 5. The van der Waals surface area contributed by atoms with E-state index in [4.69, 9.17) is 20.0 Å². The molecule has 2 fully saturated rings. The number of phenols is 2. The van der Waals surface area contributed by atoms with Gasteiger partial charge in [0.05, 0.1) is 65.4 Å². The maximum Gasteiger partial charge on any atom is 0.340 e. The van der Waals surface area contributed by atoms with Crippen molar-refractivity contribution in [1.82, 2.24) is 36.2 Å². The molecule has 96 heavy (non-hydrogen) atoms. The highest BCUT2D eigenvalue weighted by Gasteiger charge is 2.55. The van der Waals surface area contributed by atoms with E-state index < -0.39 is 175 Å². The maximum atomic E-state index is 14.1. The minimum atomic E-state index is -3.28. The van der Waals surface area contributed by atoms with Crippen LogP contribution in [0.4, 0.5) is 20.2 Å². The number of nitrogens with zero attached hydrogens (tertiary/aromatic N) is 5. The molecule has 11 N–H and O–H groups in total. The van der Waals surface area contributed by atoms with Crippen molar-refractivity contribution in [2.24, 2.45) is 5.73 Å². The molecule has 1 spiro atoms. The van der Waals surface area contributed by atoms with Crippen molar-refractivity contribution < 1.29 is 106 Å². The second kappa shape index (κ2) is 28.9. The number of carboxylic acid groups (broad SMARTS) is 2. The van der Waals surface area contributed by atoms with Gasteiger partial charge in [-0.15, -0.1) is 11.8 Å². The van der Waals surface area contributed by atoms with Gasteiger partial charge in [0.25, 0.3) is 17.7 Å². The van der Waals surface area contributed by atoms with Crippen LogP contribution in [0.5, 0.6) is 23.0 Å². The van der Waals surface area contributed by atoms with Gasteiger partial charge in [0, 0.05) is 78.8 Å². The number of carboxylic acids is 2. The summed E-state index contributed by atoms with van der Waals surface area (Å²) in [4.78, 5) is 183. The number of rotatable bonds is 25. The first kappa shape index (κ1) is 69.0. The lowest BCUT2D eigenvalue weighted by atomic mass is 9.77. The van der Waals surface area contributed by atoms with Crippen LogP contribution in [0.25, 0.3) is 10.9 Å². The van der Waals surface area contributed by atoms with E-state index in [-0.39, 0.29) is 92.8 Å². The van der Waals surface area contributed by atoms with Gasteiger partial charge in [0.2, 0.25) is 41.4 Å². The van der Waals surface area contributed by atoms with Crippen LogP contribution in [-0.4, -0.2) is 180 Å². The molecule has 0 radical (unpaired) electrons. The molecule has 5 heterocycles. The summed E-state index contributed by atoms with van der Waals surface area (Å²) in [5.74, 6) is -18.4. The number of pyridine rings is 1. The molecular weight excluding hydrogens is 1290 g/mol. The smallest absolute Gasteiger partial charge is 0.340 e. The number of unbranched alkanes of at least 4 members (excludes halogenated alkanes) is 1. The van der Waals surface area contributed by atoms with E-state index >= 15 is 0 Å². The van der Waals surface area contributed by atoms with Crippen LogP contribution in [0.15, 0.2) is 85.1 Å². The Morgan fingerprint density at radius 2 is 1.54 bits per heavy atom. The number of fused-ring (bicyclic) bond motifs is 7. The van der Waals surface area contributed by atoms with Crippen LogP contribution in [0, 0.1) is 11.3 Å². The number of hydrogen-bond donors (Lipinski definition) is 10. The minimum Gasteiger partial charge on any atom is -0.508 e. The van der Waals surface area contributed by atoms with E-state index in [9.17, 15) is 96.8 Å². The van der Waals surface area contributed by atoms with Crippen molar-refractivity contribution in [1.29, 1.82) is 5.26 Å². The lowest BCUT2D eigenvalue weighted by molar-refractivity contribution is -0.207. The summed E-state index contributed by atoms with van der Waals surface area (Å²) in [6.45, 7) is -1.87. The number of carbonyl (C=O) groups is 13. The van der Waals surface area contributed by atoms with Crippen molar-refractivity contribution in [3.63, 3.8) is 0 Å². The largest absolute Gasteiger partial charge is 0.508 e. The molecule has 4 aliphatic rings. The lowest BCUT2D eigenvalue weighted by Crippen LogP contribution is -2.56. The number of para-hydroxylation sites is 1. The number of nitriles is 1. The van der Waals surface area contributed by atoms with Gasteiger partial charge in [0.1, 0.15) is 41.1 Å².